The second kappa shape index (κ2) is 7.24. The van der Waals surface area contributed by atoms with Crippen LogP contribution in [-0.2, 0) is 0 Å². The van der Waals surface area contributed by atoms with Crippen molar-refractivity contribution in [2.24, 2.45) is 11.7 Å². The summed E-state index contributed by atoms with van der Waals surface area (Å²) >= 11 is 0. The Balaban J connectivity index is 1.45. The summed E-state index contributed by atoms with van der Waals surface area (Å²) in [6.45, 7) is 6.68. The summed E-state index contributed by atoms with van der Waals surface area (Å²) in [5.41, 5.74) is 6.43. The minimum atomic E-state index is 0.438. The van der Waals surface area contributed by atoms with Gasteiger partial charge in [0, 0.05) is 18.6 Å². The van der Waals surface area contributed by atoms with Crippen LogP contribution >= 0.6 is 0 Å². The van der Waals surface area contributed by atoms with Crippen molar-refractivity contribution >= 4 is 0 Å². The summed E-state index contributed by atoms with van der Waals surface area (Å²) in [5, 5.41) is 0. The number of piperidine rings is 1. The standard InChI is InChI=1S/C17H33N3/c18-16-6-2-1-3-7-17(16)20-12-8-15(9-13-20)14-19-10-4-5-11-19/h15-17H,1-14,18H2. The highest BCUT2D eigenvalue weighted by Crippen LogP contribution is 2.27. The average molecular weight is 279 g/mol. The second-order valence-corrected chi connectivity index (χ2v) is 7.36. The molecule has 3 heteroatoms. The number of rotatable bonds is 3. The second-order valence-electron chi connectivity index (χ2n) is 7.36. The Labute approximate surface area is 124 Å². The summed E-state index contributed by atoms with van der Waals surface area (Å²) in [6.07, 6.45) is 12.4. The molecule has 3 rings (SSSR count). The maximum Gasteiger partial charge on any atom is 0.0247 e. The van der Waals surface area contributed by atoms with Crippen LogP contribution in [0.3, 0.4) is 0 Å². The smallest absolute Gasteiger partial charge is 0.0247 e. The van der Waals surface area contributed by atoms with Crippen LogP contribution < -0.4 is 5.73 Å². The molecule has 1 saturated carbocycles. The predicted octanol–water partition coefficient (Wildman–Crippen LogP) is 2.45. The van der Waals surface area contributed by atoms with E-state index in [-0.39, 0.29) is 0 Å². The van der Waals surface area contributed by atoms with Gasteiger partial charge in [-0.2, -0.15) is 0 Å². The summed E-state index contributed by atoms with van der Waals surface area (Å²) in [4.78, 5) is 5.42. The molecule has 0 aromatic rings. The normalized spacial score (nSPS) is 35.2. The van der Waals surface area contributed by atoms with Crippen molar-refractivity contribution in [2.75, 3.05) is 32.7 Å². The highest BCUT2D eigenvalue weighted by Gasteiger charge is 2.30. The first-order chi connectivity index (χ1) is 9.83. The van der Waals surface area contributed by atoms with Gasteiger partial charge in [-0.05, 0) is 70.6 Å². The monoisotopic (exact) mass is 279 g/mol. The van der Waals surface area contributed by atoms with Gasteiger partial charge in [-0.15, -0.1) is 0 Å². The Bertz CT molecular complexity index is 280. The molecule has 0 bridgehead atoms. The predicted molar refractivity (Wildman–Crippen MR) is 84.8 cm³/mol. The minimum Gasteiger partial charge on any atom is -0.326 e. The van der Waals surface area contributed by atoms with Gasteiger partial charge in [0.25, 0.3) is 0 Å². The Kier molecular flexibility index (Phi) is 5.36. The first-order valence-corrected chi connectivity index (χ1v) is 9.05. The van der Waals surface area contributed by atoms with E-state index >= 15 is 0 Å². The molecule has 1 aliphatic carbocycles. The fourth-order valence-corrected chi connectivity index (χ4v) is 4.57. The van der Waals surface area contributed by atoms with Crippen molar-refractivity contribution in [3.8, 4) is 0 Å². The highest BCUT2D eigenvalue weighted by molar-refractivity contribution is 4.87. The summed E-state index contributed by atoms with van der Waals surface area (Å²) in [6, 6.07) is 1.12. The largest absolute Gasteiger partial charge is 0.326 e. The van der Waals surface area contributed by atoms with E-state index in [1.54, 1.807) is 0 Å². The fraction of sp³-hybridized carbons (Fsp3) is 1.00. The fourth-order valence-electron chi connectivity index (χ4n) is 4.57. The Morgan fingerprint density at radius 2 is 1.45 bits per heavy atom. The Morgan fingerprint density at radius 1 is 0.750 bits per heavy atom. The summed E-state index contributed by atoms with van der Waals surface area (Å²) in [5.74, 6) is 0.950. The number of hydrogen-bond donors (Lipinski definition) is 1. The molecule has 116 valence electrons. The van der Waals surface area contributed by atoms with Crippen LogP contribution in [0, 0.1) is 5.92 Å². The van der Waals surface area contributed by atoms with Crippen molar-refractivity contribution in [3.63, 3.8) is 0 Å². The Hall–Kier alpha value is -0.120. The lowest BCUT2D eigenvalue weighted by Crippen LogP contribution is -2.50. The van der Waals surface area contributed by atoms with Gasteiger partial charge in [0.05, 0.1) is 0 Å². The maximum absolute atomic E-state index is 6.43. The molecule has 3 fully saturated rings. The Morgan fingerprint density at radius 3 is 2.20 bits per heavy atom. The molecule has 3 aliphatic rings. The van der Waals surface area contributed by atoms with Crippen LogP contribution in [0.1, 0.15) is 57.8 Å². The highest BCUT2D eigenvalue weighted by atomic mass is 15.2. The van der Waals surface area contributed by atoms with E-state index in [9.17, 15) is 0 Å². The SMILES string of the molecule is NC1CCCCCC1N1CCC(CN2CCCC2)CC1. The molecule has 0 radical (unpaired) electrons. The molecule has 20 heavy (non-hydrogen) atoms. The number of nitrogens with zero attached hydrogens (tertiary/aromatic N) is 2. The summed E-state index contributed by atoms with van der Waals surface area (Å²) < 4.78 is 0. The van der Waals surface area contributed by atoms with Gasteiger partial charge in [0.1, 0.15) is 0 Å². The van der Waals surface area contributed by atoms with Crippen LogP contribution in [0.2, 0.25) is 0 Å². The van der Waals surface area contributed by atoms with E-state index < -0.39 is 0 Å². The topological polar surface area (TPSA) is 32.5 Å². The molecule has 0 aromatic carbocycles. The van der Waals surface area contributed by atoms with Crippen molar-refractivity contribution in [1.82, 2.24) is 9.80 Å². The van der Waals surface area contributed by atoms with E-state index in [1.165, 1.54) is 90.5 Å². The van der Waals surface area contributed by atoms with Crippen molar-refractivity contribution < 1.29 is 0 Å². The molecule has 0 aromatic heterocycles. The molecule has 2 heterocycles. The van der Waals surface area contributed by atoms with Crippen LogP contribution in [0.15, 0.2) is 0 Å². The molecule has 2 atom stereocenters. The summed E-state index contributed by atoms with van der Waals surface area (Å²) in [7, 11) is 0. The first kappa shape index (κ1) is 14.8. The zero-order valence-corrected chi connectivity index (χ0v) is 13.1. The molecule has 0 spiro atoms. The van der Waals surface area contributed by atoms with E-state index in [4.69, 9.17) is 5.73 Å². The van der Waals surface area contributed by atoms with Gasteiger partial charge in [-0.3, -0.25) is 4.90 Å². The molecule has 0 amide bonds. The third-order valence-corrected chi connectivity index (χ3v) is 5.86. The molecule has 2 unspecified atom stereocenters. The van der Waals surface area contributed by atoms with Crippen LogP contribution in [0.25, 0.3) is 0 Å². The molecule has 3 nitrogen and oxygen atoms in total. The van der Waals surface area contributed by atoms with Gasteiger partial charge in [0.15, 0.2) is 0 Å². The van der Waals surface area contributed by atoms with E-state index in [2.05, 4.69) is 9.80 Å². The third-order valence-electron chi connectivity index (χ3n) is 5.86. The maximum atomic E-state index is 6.43. The first-order valence-electron chi connectivity index (χ1n) is 9.05. The molecular weight excluding hydrogens is 246 g/mol. The van der Waals surface area contributed by atoms with E-state index in [0.29, 0.717) is 12.1 Å². The molecule has 2 saturated heterocycles. The van der Waals surface area contributed by atoms with Crippen LogP contribution in [-0.4, -0.2) is 54.6 Å². The lowest BCUT2D eigenvalue weighted by molar-refractivity contribution is 0.0977. The zero-order valence-electron chi connectivity index (χ0n) is 13.1. The zero-order chi connectivity index (χ0) is 13.8. The van der Waals surface area contributed by atoms with Crippen LogP contribution in [0.4, 0.5) is 0 Å². The van der Waals surface area contributed by atoms with E-state index in [1.807, 2.05) is 0 Å². The van der Waals surface area contributed by atoms with Crippen molar-refractivity contribution in [2.45, 2.75) is 69.9 Å². The molecule has 2 N–H and O–H groups in total. The quantitative estimate of drug-likeness (QED) is 0.806. The molecular formula is C17H33N3. The minimum absolute atomic E-state index is 0.438. The van der Waals surface area contributed by atoms with Gasteiger partial charge in [-0.1, -0.05) is 19.3 Å². The van der Waals surface area contributed by atoms with E-state index in [0.717, 1.165) is 5.92 Å². The van der Waals surface area contributed by atoms with Crippen LogP contribution in [0.5, 0.6) is 0 Å². The molecule has 2 aliphatic heterocycles. The average Bonchev–Trinajstić information content (AvgIpc) is 2.87. The third kappa shape index (κ3) is 3.75. The van der Waals surface area contributed by atoms with Crippen molar-refractivity contribution in [1.29, 1.82) is 0 Å². The number of hydrogen-bond acceptors (Lipinski definition) is 3. The van der Waals surface area contributed by atoms with Gasteiger partial charge < -0.3 is 10.6 Å². The lowest BCUT2D eigenvalue weighted by atomic mass is 9.92. The van der Waals surface area contributed by atoms with Gasteiger partial charge in [-0.25, -0.2) is 0 Å². The number of nitrogens with two attached hydrogens (primary N) is 1. The lowest BCUT2D eigenvalue weighted by Gasteiger charge is -2.40. The van der Waals surface area contributed by atoms with Gasteiger partial charge >= 0.3 is 0 Å². The van der Waals surface area contributed by atoms with Crippen molar-refractivity contribution in [3.05, 3.63) is 0 Å². The number of likely N-dealkylation sites (tertiary alicyclic amines) is 2. The van der Waals surface area contributed by atoms with Gasteiger partial charge in [0.2, 0.25) is 0 Å².